The second-order valence-electron chi connectivity index (χ2n) is 3.44. The summed E-state index contributed by atoms with van der Waals surface area (Å²) >= 11 is 3.26. The van der Waals surface area contributed by atoms with Crippen molar-refractivity contribution in [1.82, 2.24) is 5.32 Å². The van der Waals surface area contributed by atoms with Crippen molar-refractivity contribution in [2.45, 2.75) is 19.9 Å². The monoisotopic (exact) mass is 273 g/mol. The highest BCUT2D eigenvalue weighted by molar-refractivity contribution is 9.09. The Morgan fingerprint density at radius 3 is 2.87 bits per heavy atom. The molecule has 1 rings (SSSR count). The Morgan fingerprint density at radius 1 is 1.60 bits per heavy atom. The summed E-state index contributed by atoms with van der Waals surface area (Å²) in [5.41, 5.74) is 0.777. The maximum absolute atomic E-state index is 13.2. The van der Waals surface area contributed by atoms with E-state index < -0.39 is 0 Å². The number of amides is 1. The Labute approximate surface area is 97.0 Å². The van der Waals surface area contributed by atoms with Gasteiger partial charge in [-0.25, -0.2) is 4.39 Å². The molecule has 1 amide bonds. The average Bonchev–Trinajstić information content (AvgIpc) is 2.21. The maximum atomic E-state index is 13.2. The number of nitrogens with one attached hydrogen (secondary N) is 1. The van der Waals surface area contributed by atoms with Crippen LogP contribution in [0, 0.1) is 12.7 Å². The lowest BCUT2D eigenvalue weighted by atomic mass is 10.1. The largest absolute Gasteiger partial charge is 0.349 e. The van der Waals surface area contributed by atoms with Crippen molar-refractivity contribution >= 4 is 21.8 Å². The summed E-state index contributed by atoms with van der Waals surface area (Å²) in [5.74, 6) is -0.590. The molecule has 0 spiro atoms. The number of alkyl halides is 1. The van der Waals surface area contributed by atoms with Crippen molar-refractivity contribution < 1.29 is 9.18 Å². The lowest BCUT2D eigenvalue weighted by Gasteiger charge is -2.12. The standard InChI is InChI=1S/C11H13BrFNO/c1-7(6-12)14-11(15)9-4-3-5-10(13)8(9)2/h3-5,7H,6H2,1-2H3,(H,14,15). The first-order chi connectivity index (χ1) is 7.06. The molecule has 0 heterocycles. The molecule has 1 aromatic rings. The van der Waals surface area contributed by atoms with E-state index in [9.17, 15) is 9.18 Å². The molecule has 0 saturated heterocycles. The number of benzene rings is 1. The lowest BCUT2D eigenvalue weighted by molar-refractivity contribution is 0.0943. The SMILES string of the molecule is Cc1c(F)cccc1C(=O)NC(C)CBr. The van der Waals surface area contributed by atoms with Gasteiger partial charge in [-0.3, -0.25) is 4.79 Å². The summed E-state index contributed by atoms with van der Waals surface area (Å²) < 4.78 is 13.2. The Bertz CT molecular complexity index is 368. The van der Waals surface area contributed by atoms with Gasteiger partial charge in [-0.2, -0.15) is 0 Å². The number of hydrogen-bond donors (Lipinski definition) is 1. The molecule has 15 heavy (non-hydrogen) atoms. The van der Waals surface area contributed by atoms with Gasteiger partial charge in [-0.05, 0) is 31.5 Å². The third-order valence-electron chi connectivity index (χ3n) is 2.12. The van der Waals surface area contributed by atoms with Crippen molar-refractivity contribution in [3.63, 3.8) is 0 Å². The Morgan fingerprint density at radius 2 is 2.27 bits per heavy atom. The van der Waals surface area contributed by atoms with Gasteiger partial charge in [-0.15, -0.1) is 0 Å². The average molecular weight is 274 g/mol. The van der Waals surface area contributed by atoms with Crippen LogP contribution in [0.5, 0.6) is 0 Å². The van der Waals surface area contributed by atoms with Gasteiger partial charge < -0.3 is 5.32 Å². The molecule has 0 saturated carbocycles. The molecule has 2 nitrogen and oxygen atoms in total. The smallest absolute Gasteiger partial charge is 0.251 e. The molecular formula is C11H13BrFNO. The molecular weight excluding hydrogens is 261 g/mol. The Hall–Kier alpha value is -0.900. The van der Waals surface area contributed by atoms with Gasteiger partial charge in [0.2, 0.25) is 0 Å². The molecule has 1 atom stereocenters. The van der Waals surface area contributed by atoms with Crippen LogP contribution in [-0.2, 0) is 0 Å². The molecule has 0 bridgehead atoms. The molecule has 0 fully saturated rings. The third-order valence-corrected chi connectivity index (χ3v) is 3.09. The Balaban J connectivity index is 2.87. The first-order valence-electron chi connectivity index (χ1n) is 4.68. The van der Waals surface area contributed by atoms with E-state index in [1.807, 2.05) is 6.92 Å². The number of rotatable bonds is 3. The Kier molecular flexibility index (Phi) is 4.27. The quantitative estimate of drug-likeness (QED) is 0.843. The zero-order chi connectivity index (χ0) is 11.4. The summed E-state index contributed by atoms with van der Waals surface area (Å²) in [7, 11) is 0. The number of carbonyl (C=O) groups is 1. The zero-order valence-corrected chi connectivity index (χ0v) is 10.3. The van der Waals surface area contributed by atoms with Crippen molar-refractivity contribution in [3.05, 3.63) is 35.1 Å². The van der Waals surface area contributed by atoms with Gasteiger partial charge in [-0.1, -0.05) is 22.0 Å². The normalized spacial score (nSPS) is 12.3. The van der Waals surface area contributed by atoms with Crippen LogP contribution in [0.4, 0.5) is 4.39 Å². The molecule has 0 aromatic heterocycles. The van der Waals surface area contributed by atoms with Gasteiger partial charge in [0.25, 0.3) is 5.91 Å². The summed E-state index contributed by atoms with van der Waals surface area (Å²) in [4.78, 5) is 11.7. The number of hydrogen-bond acceptors (Lipinski definition) is 1. The van der Waals surface area contributed by atoms with E-state index in [1.165, 1.54) is 12.1 Å². The highest BCUT2D eigenvalue weighted by Crippen LogP contribution is 2.12. The molecule has 0 aliphatic carbocycles. The second kappa shape index (κ2) is 5.26. The number of carbonyl (C=O) groups excluding carboxylic acids is 1. The van der Waals surface area contributed by atoms with Crippen LogP contribution < -0.4 is 5.32 Å². The van der Waals surface area contributed by atoms with Gasteiger partial charge in [0, 0.05) is 16.9 Å². The van der Waals surface area contributed by atoms with Gasteiger partial charge >= 0.3 is 0 Å². The van der Waals surface area contributed by atoms with Crippen molar-refractivity contribution in [1.29, 1.82) is 0 Å². The van der Waals surface area contributed by atoms with Crippen LogP contribution in [0.3, 0.4) is 0 Å². The van der Waals surface area contributed by atoms with Gasteiger partial charge in [0.1, 0.15) is 5.82 Å². The van der Waals surface area contributed by atoms with Crippen LogP contribution >= 0.6 is 15.9 Å². The first-order valence-corrected chi connectivity index (χ1v) is 5.80. The highest BCUT2D eigenvalue weighted by Gasteiger charge is 2.13. The van der Waals surface area contributed by atoms with Crippen LogP contribution in [0.2, 0.25) is 0 Å². The fourth-order valence-corrected chi connectivity index (χ4v) is 1.36. The predicted molar refractivity (Wildman–Crippen MR) is 61.9 cm³/mol. The minimum atomic E-state index is -0.353. The molecule has 4 heteroatoms. The fraction of sp³-hybridized carbons (Fsp3) is 0.364. The molecule has 0 radical (unpaired) electrons. The van der Waals surface area contributed by atoms with Crippen LogP contribution in [0.15, 0.2) is 18.2 Å². The molecule has 0 aliphatic heterocycles. The van der Waals surface area contributed by atoms with E-state index in [0.29, 0.717) is 16.5 Å². The topological polar surface area (TPSA) is 29.1 Å². The minimum Gasteiger partial charge on any atom is -0.349 e. The van der Waals surface area contributed by atoms with E-state index in [-0.39, 0.29) is 17.8 Å². The maximum Gasteiger partial charge on any atom is 0.251 e. The van der Waals surface area contributed by atoms with Crippen LogP contribution in [0.1, 0.15) is 22.8 Å². The van der Waals surface area contributed by atoms with E-state index in [1.54, 1.807) is 13.0 Å². The minimum absolute atomic E-state index is 0.0279. The van der Waals surface area contributed by atoms with Gasteiger partial charge in [0.15, 0.2) is 0 Å². The van der Waals surface area contributed by atoms with E-state index in [0.717, 1.165) is 0 Å². The van der Waals surface area contributed by atoms with Crippen LogP contribution in [0.25, 0.3) is 0 Å². The van der Waals surface area contributed by atoms with E-state index in [2.05, 4.69) is 21.2 Å². The first kappa shape index (κ1) is 12.2. The lowest BCUT2D eigenvalue weighted by Crippen LogP contribution is -2.34. The van der Waals surface area contributed by atoms with E-state index >= 15 is 0 Å². The number of halogens is 2. The molecule has 1 N–H and O–H groups in total. The zero-order valence-electron chi connectivity index (χ0n) is 8.68. The highest BCUT2D eigenvalue weighted by atomic mass is 79.9. The molecule has 0 aliphatic rings. The predicted octanol–water partition coefficient (Wildman–Crippen LogP) is 2.65. The molecule has 82 valence electrons. The summed E-state index contributed by atoms with van der Waals surface area (Å²) in [6.45, 7) is 3.48. The second-order valence-corrected chi connectivity index (χ2v) is 4.09. The fourth-order valence-electron chi connectivity index (χ4n) is 1.19. The molecule has 1 aromatic carbocycles. The summed E-state index contributed by atoms with van der Waals surface area (Å²) in [6, 6.07) is 4.53. The van der Waals surface area contributed by atoms with Crippen molar-refractivity contribution in [3.8, 4) is 0 Å². The van der Waals surface area contributed by atoms with Crippen molar-refractivity contribution in [2.75, 3.05) is 5.33 Å². The third kappa shape index (κ3) is 3.02. The van der Waals surface area contributed by atoms with E-state index in [4.69, 9.17) is 0 Å². The van der Waals surface area contributed by atoms with Crippen LogP contribution in [-0.4, -0.2) is 17.3 Å². The summed E-state index contributed by atoms with van der Waals surface area (Å²) in [6.07, 6.45) is 0. The summed E-state index contributed by atoms with van der Waals surface area (Å²) in [5, 5.41) is 3.44. The molecule has 1 unspecified atom stereocenters. The van der Waals surface area contributed by atoms with Crippen molar-refractivity contribution in [2.24, 2.45) is 0 Å². The van der Waals surface area contributed by atoms with Gasteiger partial charge in [0.05, 0.1) is 0 Å².